The third-order valence-corrected chi connectivity index (χ3v) is 4.27. The Balaban J connectivity index is 2.24. The molecule has 0 radical (unpaired) electrons. The lowest BCUT2D eigenvalue weighted by Gasteiger charge is -2.05. The lowest BCUT2D eigenvalue weighted by atomic mass is 10.1. The number of hydrogen-bond acceptors (Lipinski definition) is 7. The van der Waals surface area contributed by atoms with Crippen LogP contribution in [-0.4, -0.2) is 5.11 Å². The molecule has 0 aliphatic heterocycles. The van der Waals surface area contributed by atoms with E-state index in [1.807, 2.05) is 0 Å². The van der Waals surface area contributed by atoms with Crippen LogP contribution in [0.15, 0.2) is 57.6 Å². The highest BCUT2D eigenvalue weighted by molar-refractivity contribution is 7.21. The van der Waals surface area contributed by atoms with Crippen molar-refractivity contribution in [2.75, 3.05) is 0 Å². The fourth-order valence-electron chi connectivity index (χ4n) is 2.14. The van der Waals surface area contributed by atoms with Crippen LogP contribution < -0.4 is 5.43 Å². The number of rotatable bonds is 3. The minimum atomic E-state index is -0.351. The highest BCUT2D eigenvalue weighted by Gasteiger charge is 2.11. The number of aromatic hydroxyl groups is 1. The van der Waals surface area contributed by atoms with Crippen LogP contribution >= 0.6 is 11.3 Å². The SMILES string of the molecule is O=Nc1ccc(-c2cc(=O)c3c(O)cc(N=O)cc3s2)cc1. The van der Waals surface area contributed by atoms with E-state index in [4.69, 9.17) is 0 Å². The fraction of sp³-hybridized carbons (Fsp3) is 0. The van der Waals surface area contributed by atoms with Crippen molar-refractivity contribution in [2.45, 2.75) is 0 Å². The van der Waals surface area contributed by atoms with Crippen LogP contribution in [0.2, 0.25) is 0 Å². The van der Waals surface area contributed by atoms with Crippen molar-refractivity contribution in [2.24, 2.45) is 10.4 Å². The molecule has 6 nitrogen and oxygen atoms in total. The van der Waals surface area contributed by atoms with Crippen molar-refractivity contribution < 1.29 is 5.11 Å². The van der Waals surface area contributed by atoms with Crippen LogP contribution in [0.1, 0.15) is 0 Å². The Kier molecular flexibility index (Phi) is 3.48. The van der Waals surface area contributed by atoms with Gasteiger partial charge in [-0.15, -0.1) is 21.2 Å². The second kappa shape index (κ2) is 5.45. The first-order valence-corrected chi connectivity index (χ1v) is 7.02. The van der Waals surface area contributed by atoms with E-state index >= 15 is 0 Å². The van der Waals surface area contributed by atoms with Crippen molar-refractivity contribution in [3.63, 3.8) is 0 Å². The molecule has 0 atom stereocenters. The Bertz CT molecular complexity index is 948. The van der Waals surface area contributed by atoms with Gasteiger partial charge in [-0.3, -0.25) is 4.79 Å². The van der Waals surface area contributed by atoms with Crippen LogP contribution in [0.4, 0.5) is 11.4 Å². The summed E-state index contributed by atoms with van der Waals surface area (Å²) in [6, 6.07) is 10.5. The molecule has 1 aromatic heterocycles. The first-order valence-electron chi connectivity index (χ1n) is 6.20. The van der Waals surface area contributed by atoms with Gasteiger partial charge in [0.15, 0.2) is 5.43 Å². The molecule has 7 heteroatoms. The Morgan fingerprint density at radius 2 is 1.59 bits per heavy atom. The molecule has 0 bridgehead atoms. The minimum Gasteiger partial charge on any atom is -0.507 e. The number of benzene rings is 2. The fourth-order valence-corrected chi connectivity index (χ4v) is 3.28. The van der Waals surface area contributed by atoms with Gasteiger partial charge in [0.1, 0.15) is 17.1 Å². The normalized spacial score (nSPS) is 10.5. The monoisotopic (exact) mass is 312 g/mol. The van der Waals surface area contributed by atoms with E-state index in [-0.39, 0.29) is 22.3 Å². The smallest absolute Gasteiger partial charge is 0.192 e. The van der Waals surface area contributed by atoms with Gasteiger partial charge in [0.25, 0.3) is 0 Å². The molecule has 0 amide bonds. The van der Waals surface area contributed by atoms with Crippen LogP contribution in [0.25, 0.3) is 20.5 Å². The van der Waals surface area contributed by atoms with Crippen molar-refractivity contribution >= 4 is 32.8 Å². The molecule has 0 aliphatic rings. The lowest BCUT2D eigenvalue weighted by molar-refractivity contribution is 0.481. The van der Waals surface area contributed by atoms with Crippen LogP contribution in [-0.2, 0) is 0 Å². The maximum atomic E-state index is 12.2. The zero-order valence-corrected chi connectivity index (χ0v) is 11.8. The largest absolute Gasteiger partial charge is 0.507 e. The number of nitrogens with zero attached hydrogens (tertiary/aromatic N) is 2. The van der Waals surface area contributed by atoms with E-state index in [0.717, 1.165) is 11.6 Å². The Hall–Kier alpha value is -2.93. The third kappa shape index (κ3) is 2.38. The molecule has 3 aromatic rings. The summed E-state index contributed by atoms with van der Waals surface area (Å²) in [5.74, 6) is -0.264. The summed E-state index contributed by atoms with van der Waals surface area (Å²) in [5.41, 5.74) is 0.733. The molecular weight excluding hydrogens is 304 g/mol. The molecule has 0 aliphatic carbocycles. The summed E-state index contributed by atoms with van der Waals surface area (Å²) in [5, 5.41) is 15.6. The average molecular weight is 312 g/mol. The average Bonchev–Trinajstić information content (AvgIpc) is 2.54. The molecular formula is C15H8N2O4S. The highest BCUT2D eigenvalue weighted by Crippen LogP contribution is 2.35. The van der Waals surface area contributed by atoms with Gasteiger partial charge >= 0.3 is 0 Å². The minimum absolute atomic E-state index is 0.0540. The van der Waals surface area contributed by atoms with Gasteiger partial charge in [-0.1, -0.05) is 12.1 Å². The van der Waals surface area contributed by atoms with Gasteiger partial charge in [0.2, 0.25) is 0 Å². The molecule has 0 unspecified atom stereocenters. The molecule has 2 aromatic carbocycles. The lowest BCUT2D eigenvalue weighted by Crippen LogP contribution is -1.99. The molecule has 0 saturated carbocycles. The predicted molar refractivity (Wildman–Crippen MR) is 86.1 cm³/mol. The number of hydrogen-bond donors (Lipinski definition) is 1. The molecule has 0 saturated heterocycles. The summed E-state index contributed by atoms with van der Waals surface area (Å²) < 4.78 is 0.467. The van der Waals surface area contributed by atoms with Gasteiger partial charge in [0, 0.05) is 21.7 Å². The third-order valence-electron chi connectivity index (χ3n) is 3.16. The second-order valence-electron chi connectivity index (χ2n) is 4.54. The molecule has 1 heterocycles. The molecule has 3 rings (SSSR count). The first kappa shape index (κ1) is 14.0. The van der Waals surface area contributed by atoms with E-state index in [9.17, 15) is 19.7 Å². The molecule has 1 N–H and O–H groups in total. The highest BCUT2D eigenvalue weighted by atomic mass is 32.1. The van der Waals surface area contributed by atoms with Crippen LogP contribution in [0.3, 0.4) is 0 Å². The second-order valence-corrected chi connectivity index (χ2v) is 5.63. The topological polar surface area (TPSA) is 96.2 Å². The standard InChI is InChI=1S/C15H8N2O4S/c18-11-5-10(17-21)6-14-15(11)12(19)7-13(22-14)8-1-3-9(16-20)4-2-8/h1-7,18H. The zero-order chi connectivity index (χ0) is 15.7. The van der Waals surface area contributed by atoms with Gasteiger partial charge in [-0.2, -0.15) is 0 Å². The number of fused-ring (bicyclic) bond motifs is 1. The number of phenols is 1. The van der Waals surface area contributed by atoms with Crippen molar-refractivity contribution in [3.8, 4) is 16.2 Å². The van der Waals surface area contributed by atoms with E-state index < -0.39 is 0 Å². The van der Waals surface area contributed by atoms with Crippen LogP contribution in [0, 0.1) is 9.81 Å². The van der Waals surface area contributed by atoms with Gasteiger partial charge in [-0.05, 0) is 34.1 Å². The number of phenolic OH excluding ortho intramolecular Hbond substituents is 1. The van der Waals surface area contributed by atoms with Gasteiger partial charge < -0.3 is 5.11 Å². The summed E-state index contributed by atoms with van der Waals surface area (Å²) >= 11 is 1.24. The zero-order valence-electron chi connectivity index (χ0n) is 11.0. The summed E-state index contributed by atoms with van der Waals surface area (Å²) in [6.45, 7) is 0. The van der Waals surface area contributed by atoms with Gasteiger partial charge in [-0.25, -0.2) is 0 Å². The maximum Gasteiger partial charge on any atom is 0.192 e. The molecule has 22 heavy (non-hydrogen) atoms. The molecule has 0 spiro atoms. The molecule has 0 fully saturated rings. The number of nitroso groups, excluding NO2 is 2. The predicted octanol–water partition coefficient (Wildman–Crippen LogP) is 4.43. The summed E-state index contributed by atoms with van der Waals surface area (Å²) in [4.78, 5) is 33.9. The van der Waals surface area contributed by atoms with E-state index in [1.165, 1.54) is 23.5 Å². The Labute approximate surface area is 127 Å². The first-order chi connectivity index (χ1) is 10.6. The van der Waals surface area contributed by atoms with Crippen molar-refractivity contribution in [3.05, 3.63) is 62.5 Å². The quantitative estimate of drug-likeness (QED) is 0.723. The van der Waals surface area contributed by atoms with Crippen molar-refractivity contribution in [1.82, 2.24) is 0 Å². The van der Waals surface area contributed by atoms with E-state index in [1.54, 1.807) is 24.3 Å². The van der Waals surface area contributed by atoms with Crippen LogP contribution in [0.5, 0.6) is 5.75 Å². The Morgan fingerprint density at radius 1 is 0.909 bits per heavy atom. The Morgan fingerprint density at radius 3 is 2.23 bits per heavy atom. The van der Waals surface area contributed by atoms with E-state index in [2.05, 4.69) is 10.4 Å². The van der Waals surface area contributed by atoms with Crippen molar-refractivity contribution in [1.29, 1.82) is 0 Å². The summed E-state index contributed by atoms with van der Waals surface area (Å²) in [7, 11) is 0. The summed E-state index contributed by atoms with van der Waals surface area (Å²) in [6.07, 6.45) is 0. The molecule has 108 valence electrons. The van der Waals surface area contributed by atoms with Gasteiger partial charge in [0.05, 0.1) is 5.39 Å². The maximum absolute atomic E-state index is 12.2. The van der Waals surface area contributed by atoms with E-state index in [0.29, 0.717) is 15.3 Å².